The molecule has 1 unspecified atom stereocenters. The van der Waals surface area contributed by atoms with Gasteiger partial charge in [-0.1, -0.05) is 0 Å². The number of aromatic hydroxyl groups is 1. The first-order valence-corrected chi connectivity index (χ1v) is 5.74. The number of nitrogens with zero attached hydrogens (tertiary/aromatic N) is 2. The third-order valence-electron chi connectivity index (χ3n) is 3.43. The van der Waals surface area contributed by atoms with E-state index in [1.54, 1.807) is 0 Å². The van der Waals surface area contributed by atoms with Gasteiger partial charge in [0.1, 0.15) is 11.7 Å². The zero-order valence-electron chi connectivity index (χ0n) is 9.79. The first kappa shape index (κ1) is 11.7. The van der Waals surface area contributed by atoms with Gasteiger partial charge in [-0.25, -0.2) is 4.79 Å². The summed E-state index contributed by atoms with van der Waals surface area (Å²) in [5.41, 5.74) is -1.71. The van der Waals surface area contributed by atoms with Gasteiger partial charge in [0.25, 0.3) is 5.91 Å². The molecule has 8 nitrogen and oxygen atoms in total. The zero-order chi connectivity index (χ0) is 13.7. The van der Waals surface area contributed by atoms with E-state index in [0.29, 0.717) is 19.6 Å². The summed E-state index contributed by atoms with van der Waals surface area (Å²) in [6.45, 7) is 1.43. The van der Waals surface area contributed by atoms with Crippen LogP contribution in [0.15, 0.2) is 11.0 Å². The van der Waals surface area contributed by atoms with Crippen molar-refractivity contribution in [2.45, 2.75) is 12.7 Å². The monoisotopic (exact) mass is 265 g/mol. The molecule has 8 heteroatoms. The Kier molecular flexibility index (Phi) is 2.36. The van der Waals surface area contributed by atoms with E-state index in [1.807, 2.05) is 0 Å². The second-order valence-corrected chi connectivity index (χ2v) is 4.50. The molecule has 1 aromatic rings. The first-order chi connectivity index (χ1) is 9.00. The number of aromatic nitrogens is 1. The van der Waals surface area contributed by atoms with Gasteiger partial charge in [-0.15, -0.1) is 0 Å². The number of hydrogen-bond acceptors (Lipinski definition) is 5. The number of fused-ring (bicyclic) bond motifs is 2. The van der Waals surface area contributed by atoms with E-state index in [4.69, 9.17) is 5.11 Å². The number of hydrogen-bond donors (Lipinski definition) is 3. The topological polar surface area (TPSA) is 112 Å². The Morgan fingerprint density at radius 2 is 2.16 bits per heavy atom. The molecule has 3 rings (SSSR count). The molecule has 3 N–H and O–H groups in total. The van der Waals surface area contributed by atoms with Crippen LogP contribution in [-0.4, -0.2) is 50.8 Å². The summed E-state index contributed by atoms with van der Waals surface area (Å²) in [5, 5.41) is 21.8. The van der Waals surface area contributed by atoms with Gasteiger partial charge in [0.2, 0.25) is 5.43 Å². The number of carbonyl (C=O) groups excluding carboxylic acids is 1. The molecule has 0 aliphatic carbocycles. The summed E-state index contributed by atoms with van der Waals surface area (Å²) >= 11 is 0. The van der Waals surface area contributed by atoms with Crippen molar-refractivity contribution < 1.29 is 19.8 Å². The molecule has 1 saturated heterocycles. The number of pyridine rings is 1. The highest BCUT2D eigenvalue weighted by Crippen LogP contribution is 2.24. The van der Waals surface area contributed by atoms with Gasteiger partial charge >= 0.3 is 5.97 Å². The fraction of sp³-hybridized carbons (Fsp3) is 0.364. The highest BCUT2D eigenvalue weighted by atomic mass is 16.4. The Morgan fingerprint density at radius 1 is 1.42 bits per heavy atom. The number of aromatic carboxylic acids is 1. The molecule has 0 saturated carbocycles. The van der Waals surface area contributed by atoms with E-state index in [-0.39, 0.29) is 11.9 Å². The SMILES string of the molecule is O=C(O)c1cn2c(c(O)c1=O)C(=O)N1CCNC1C2. The van der Waals surface area contributed by atoms with Crippen LogP contribution >= 0.6 is 0 Å². The number of nitrogens with one attached hydrogen (secondary N) is 1. The van der Waals surface area contributed by atoms with Gasteiger partial charge in [-0.05, 0) is 0 Å². The average molecular weight is 265 g/mol. The van der Waals surface area contributed by atoms with Crippen LogP contribution in [0.1, 0.15) is 20.8 Å². The van der Waals surface area contributed by atoms with Crippen molar-refractivity contribution in [3.63, 3.8) is 0 Å². The van der Waals surface area contributed by atoms with Crippen LogP contribution in [0.4, 0.5) is 0 Å². The van der Waals surface area contributed by atoms with Gasteiger partial charge in [-0.3, -0.25) is 14.9 Å². The smallest absolute Gasteiger partial charge is 0.341 e. The maximum absolute atomic E-state index is 12.2. The summed E-state index contributed by atoms with van der Waals surface area (Å²) in [7, 11) is 0. The predicted molar refractivity (Wildman–Crippen MR) is 62.2 cm³/mol. The van der Waals surface area contributed by atoms with E-state index in [0.717, 1.165) is 6.20 Å². The van der Waals surface area contributed by atoms with Gasteiger partial charge in [0, 0.05) is 19.3 Å². The lowest BCUT2D eigenvalue weighted by molar-refractivity contribution is 0.0635. The van der Waals surface area contributed by atoms with Crippen LogP contribution in [0.3, 0.4) is 0 Å². The molecule has 1 atom stereocenters. The van der Waals surface area contributed by atoms with E-state index in [1.165, 1.54) is 9.47 Å². The van der Waals surface area contributed by atoms with E-state index in [2.05, 4.69) is 5.32 Å². The largest absolute Gasteiger partial charge is 0.503 e. The molecule has 3 heterocycles. The molecule has 1 amide bonds. The normalized spacial score (nSPS) is 21.2. The number of carboxylic acid groups (broad SMARTS) is 1. The second-order valence-electron chi connectivity index (χ2n) is 4.50. The number of carbonyl (C=O) groups is 2. The van der Waals surface area contributed by atoms with Crippen molar-refractivity contribution in [3.05, 3.63) is 27.7 Å². The number of rotatable bonds is 1. The maximum atomic E-state index is 12.2. The average Bonchev–Trinajstić information content (AvgIpc) is 2.81. The fourth-order valence-corrected chi connectivity index (χ4v) is 2.52. The van der Waals surface area contributed by atoms with Crippen LogP contribution in [0, 0.1) is 0 Å². The fourth-order valence-electron chi connectivity index (χ4n) is 2.52. The van der Waals surface area contributed by atoms with Crippen LogP contribution in [0.5, 0.6) is 5.75 Å². The summed E-state index contributed by atoms with van der Waals surface area (Å²) in [6, 6.07) is 0. The summed E-state index contributed by atoms with van der Waals surface area (Å²) in [5.74, 6) is -2.69. The minimum Gasteiger partial charge on any atom is -0.503 e. The van der Waals surface area contributed by atoms with Crippen molar-refractivity contribution in [1.29, 1.82) is 0 Å². The first-order valence-electron chi connectivity index (χ1n) is 5.74. The van der Waals surface area contributed by atoms with E-state index in [9.17, 15) is 19.5 Å². The molecule has 0 bridgehead atoms. The van der Waals surface area contributed by atoms with Gasteiger partial charge in [-0.2, -0.15) is 0 Å². The Hall–Kier alpha value is -2.35. The zero-order valence-corrected chi connectivity index (χ0v) is 9.79. The van der Waals surface area contributed by atoms with Crippen LogP contribution in [0.2, 0.25) is 0 Å². The summed E-state index contributed by atoms with van der Waals surface area (Å²) in [6.07, 6.45) is 0.873. The molecular weight excluding hydrogens is 254 g/mol. The van der Waals surface area contributed by atoms with Crippen LogP contribution in [-0.2, 0) is 6.54 Å². The van der Waals surface area contributed by atoms with Gasteiger partial charge in [0.05, 0.1) is 6.54 Å². The molecule has 2 aliphatic heterocycles. The molecule has 100 valence electrons. The van der Waals surface area contributed by atoms with Crippen molar-refractivity contribution >= 4 is 11.9 Å². The molecule has 1 aromatic heterocycles. The van der Waals surface area contributed by atoms with Gasteiger partial charge < -0.3 is 19.7 Å². The summed E-state index contributed by atoms with van der Waals surface area (Å²) < 4.78 is 1.32. The lowest BCUT2D eigenvalue weighted by atomic mass is 10.1. The number of amides is 1. The third-order valence-corrected chi connectivity index (χ3v) is 3.43. The maximum Gasteiger partial charge on any atom is 0.341 e. The van der Waals surface area contributed by atoms with E-state index >= 15 is 0 Å². The third kappa shape index (κ3) is 1.53. The lowest BCUT2D eigenvalue weighted by Gasteiger charge is -2.32. The Balaban J connectivity index is 2.22. The molecule has 1 fully saturated rings. The van der Waals surface area contributed by atoms with Crippen molar-refractivity contribution in [3.8, 4) is 5.75 Å². The minimum atomic E-state index is -1.43. The number of carboxylic acids is 1. The van der Waals surface area contributed by atoms with Crippen LogP contribution in [0.25, 0.3) is 0 Å². The highest BCUT2D eigenvalue weighted by molar-refractivity contribution is 5.97. The Morgan fingerprint density at radius 3 is 2.84 bits per heavy atom. The quantitative estimate of drug-likeness (QED) is 0.578. The minimum absolute atomic E-state index is 0.144. The lowest BCUT2D eigenvalue weighted by Crippen LogP contribution is -2.49. The van der Waals surface area contributed by atoms with Crippen molar-refractivity contribution in [2.75, 3.05) is 13.1 Å². The second kappa shape index (κ2) is 3.82. The van der Waals surface area contributed by atoms with E-state index < -0.39 is 28.6 Å². The Labute approximate surface area is 106 Å². The van der Waals surface area contributed by atoms with Crippen molar-refractivity contribution in [2.24, 2.45) is 0 Å². The Bertz CT molecular complexity index is 650. The molecule has 2 aliphatic rings. The van der Waals surface area contributed by atoms with Gasteiger partial charge in [0.15, 0.2) is 11.4 Å². The van der Waals surface area contributed by atoms with Crippen molar-refractivity contribution in [1.82, 2.24) is 14.8 Å². The standard InChI is InChI=1S/C11H11N3O5/c15-8-5(11(18)19)3-13-4-6-12-1-2-14(6)10(17)7(13)9(8)16/h3,6,12,16H,1-2,4H2,(H,18,19). The molecule has 19 heavy (non-hydrogen) atoms. The molecule has 0 radical (unpaired) electrons. The highest BCUT2D eigenvalue weighted by Gasteiger charge is 2.38. The predicted octanol–water partition coefficient (Wildman–Crippen LogP) is -1.36. The molecule has 0 aromatic carbocycles. The molecule has 0 spiro atoms. The summed E-state index contributed by atoms with van der Waals surface area (Å²) in [4.78, 5) is 36.3. The van der Waals surface area contributed by atoms with Crippen LogP contribution < -0.4 is 10.7 Å². The molecular formula is C11H11N3O5.